The number of fused-ring (bicyclic) bond motifs is 1. The first kappa shape index (κ1) is 20.7. The normalized spacial score (nSPS) is 23.2. The number of benzene rings is 1. The second kappa shape index (κ2) is 8.26. The Balaban J connectivity index is 1.52. The van der Waals surface area contributed by atoms with Crippen LogP contribution in [0.5, 0.6) is 5.75 Å². The molecule has 0 bridgehead atoms. The van der Waals surface area contributed by atoms with Crippen LogP contribution in [-0.4, -0.2) is 84.6 Å². The first-order chi connectivity index (χ1) is 14.4. The molecule has 9 nitrogen and oxygen atoms in total. The van der Waals surface area contributed by atoms with Crippen molar-refractivity contribution < 1.29 is 23.1 Å². The third-order valence-electron chi connectivity index (χ3n) is 5.96. The Hall–Kier alpha value is -2.61. The van der Waals surface area contributed by atoms with E-state index in [1.807, 2.05) is 17.0 Å². The van der Waals surface area contributed by atoms with Gasteiger partial charge in [-0.2, -0.15) is 5.26 Å². The number of hydrogen-bond donors (Lipinski definition) is 2. The number of nitrogens with one attached hydrogen (secondary N) is 1. The highest BCUT2D eigenvalue weighted by atomic mass is 32.2. The van der Waals surface area contributed by atoms with Gasteiger partial charge in [-0.05, 0) is 24.6 Å². The van der Waals surface area contributed by atoms with Crippen molar-refractivity contribution in [2.75, 3.05) is 44.3 Å². The molecule has 1 aromatic heterocycles. The minimum atomic E-state index is -2.94. The van der Waals surface area contributed by atoms with E-state index in [1.54, 1.807) is 18.3 Å². The molecule has 0 saturated carbocycles. The lowest BCUT2D eigenvalue weighted by atomic mass is 10.0. The van der Waals surface area contributed by atoms with E-state index in [9.17, 15) is 18.3 Å². The molecule has 2 aromatic rings. The fourth-order valence-electron chi connectivity index (χ4n) is 4.46. The molecule has 30 heavy (non-hydrogen) atoms. The number of rotatable bonds is 6. The Labute approximate surface area is 174 Å². The minimum absolute atomic E-state index is 0.0355. The van der Waals surface area contributed by atoms with Gasteiger partial charge >= 0.3 is 5.97 Å². The van der Waals surface area contributed by atoms with Crippen molar-refractivity contribution >= 4 is 26.7 Å². The van der Waals surface area contributed by atoms with Gasteiger partial charge in [-0.15, -0.1) is 0 Å². The minimum Gasteiger partial charge on any atom is -0.480 e. The number of aromatic nitrogens is 1. The van der Waals surface area contributed by atoms with Crippen molar-refractivity contribution in [3.63, 3.8) is 0 Å². The average Bonchev–Trinajstić information content (AvgIpc) is 3.30. The largest absolute Gasteiger partial charge is 0.480 e. The fraction of sp³-hybridized carbons (Fsp3) is 0.500. The second-order valence-corrected chi connectivity index (χ2v) is 10.00. The summed E-state index contributed by atoms with van der Waals surface area (Å²) in [6.45, 7) is 2.30. The number of carbonyl (C=O) groups is 1. The number of hydrogen-bond acceptors (Lipinski definition) is 7. The maximum Gasteiger partial charge on any atom is 0.325 e. The SMILES string of the molecule is N#CCOc1ccc2[nH]cc([C@H](C(=O)O)N3CCN([C@@H]4CCS(=O)(=O)C4)CC3)c2c1. The van der Waals surface area contributed by atoms with E-state index >= 15 is 0 Å². The summed E-state index contributed by atoms with van der Waals surface area (Å²) in [5.74, 6) is 0.0159. The molecule has 4 rings (SSSR count). The zero-order valence-corrected chi connectivity index (χ0v) is 17.3. The molecule has 0 unspecified atom stereocenters. The number of aromatic amines is 1. The summed E-state index contributed by atoms with van der Waals surface area (Å²) in [5, 5.41) is 19.5. The number of carboxylic acid groups (broad SMARTS) is 1. The first-order valence-electron chi connectivity index (χ1n) is 9.90. The molecule has 3 heterocycles. The molecule has 2 fully saturated rings. The second-order valence-electron chi connectivity index (χ2n) is 7.77. The van der Waals surface area contributed by atoms with E-state index in [2.05, 4.69) is 9.88 Å². The number of nitriles is 1. The van der Waals surface area contributed by atoms with Crippen LogP contribution in [0.1, 0.15) is 18.0 Å². The molecule has 0 amide bonds. The smallest absolute Gasteiger partial charge is 0.325 e. The van der Waals surface area contributed by atoms with Gasteiger partial charge in [0, 0.05) is 54.9 Å². The number of ether oxygens (including phenoxy) is 1. The van der Waals surface area contributed by atoms with Crippen LogP contribution < -0.4 is 4.74 Å². The van der Waals surface area contributed by atoms with Crippen molar-refractivity contribution in [1.29, 1.82) is 5.26 Å². The lowest BCUT2D eigenvalue weighted by Gasteiger charge is -2.40. The lowest BCUT2D eigenvalue weighted by molar-refractivity contribution is -0.144. The molecule has 2 aliphatic heterocycles. The van der Waals surface area contributed by atoms with Crippen LogP contribution in [0.15, 0.2) is 24.4 Å². The summed E-state index contributed by atoms with van der Waals surface area (Å²) in [7, 11) is -2.94. The Bertz CT molecular complexity index is 1080. The van der Waals surface area contributed by atoms with Gasteiger partial charge in [0.2, 0.25) is 0 Å². The molecule has 10 heteroatoms. The van der Waals surface area contributed by atoms with Crippen molar-refractivity contribution in [3.05, 3.63) is 30.0 Å². The van der Waals surface area contributed by atoms with Crippen molar-refractivity contribution in [2.45, 2.75) is 18.5 Å². The monoisotopic (exact) mass is 432 g/mol. The Morgan fingerprint density at radius 1 is 1.33 bits per heavy atom. The molecule has 2 saturated heterocycles. The third kappa shape index (κ3) is 4.14. The Kier molecular flexibility index (Phi) is 5.69. The topological polar surface area (TPSA) is 127 Å². The molecule has 2 aliphatic rings. The van der Waals surface area contributed by atoms with Gasteiger partial charge in [-0.1, -0.05) is 0 Å². The maximum atomic E-state index is 12.2. The summed E-state index contributed by atoms with van der Waals surface area (Å²) in [6, 6.07) is 6.45. The highest BCUT2D eigenvalue weighted by Gasteiger charge is 2.37. The van der Waals surface area contributed by atoms with Crippen molar-refractivity contribution in [1.82, 2.24) is 14.8 Å². The van der Waals surface area contributed by atoms with E-state index in [-0.39, 0.29) is 24.2 Å². The Morgan fingerprint density at radius 2 is 2.10 bits per heavy atom. The van der Waals surface area contributed by atoms with Gasteiger partial charge in [0.1, 0.15) is 17.9 Å². The number of aliphatic carboxylic acids is 1. The summed E-state index contributed by atoms with van der Waals surface area (Å²) in [4.78, 5) is 19.4. The average molecular weight is 433 g/mol. The zero-order chi connectivity index (χ0) is 21.3. The van der Waals surface area contributed by atoms with Gasteiger partial charge in [0.15, 0.2) is 16.4 Å². The standard InChI is InChI=1S/C20H24N4O5S/c21-4-9-29-15-1-2-18-16(11-15)17(12-22-18)19(20(25)26)24-7-5-23(6-8-24)14-3-10-30(27,28)13-14/h1-2,11-12,14,19,22H,3,5-10,13H2,(H,25,26)/t14-,19-/m1/s1. The van der Waals surface area contributed by atoms with E-state index in [4.69, 9.17) is 10.00 Å². The van der Waals surface area contributed by atoms with Crippen LogP contribution in [0.3, 0.4) is 0 Å². The molecule has 1 aromatic carbocycles. The van der Waals surface area contributed by atoms with Crippen molar-refractivity contribution in [3.8, 4) is 11.8 Å². The van der Waals surface area contributed by atoms with Crippen LogP contribution >= 0.6 is 0 Å². The molecule has 0 aliphatic carbocycles. The molecule has 160 valence electrons. The van der Waals surface area contributed by atoms with Crippen LogP contribution in [0, 0.1) is 11.3 Å². The summed E-state index contributed by atoms with van der Waals surface area (Å²) in [6.07, 6.45) is 2.37. The van der Waals surface area contributed by atoms with Gasteiger partial charge in [0.05, 0.1) is 11.5 Å². The van der Waals surface area contributed by atoms with Crippen LogP contribution in [0.4, 0.5) is 0 Å². The maximum absolute atomic E-state index is 12.2. The summed E-state index contributed by atoms with van der Waals surface area (Å²) in [5.41, 5.74) is 1.45. The van der Waals surface area contributed by atoms with Crippen LogP contribution in [0.25, 0.3) is 10.9 Å². The summed E-state index contributed by atoms with van der Waals surface area (Å²) < 4.78 is 28.9. The van der Waals surface area contributed by atoms with Crippen LogP contribution in [-0.2, 0) is 14.6 Å². The highest BCUT2D eigenvalue weighted by Crippen LogP contribution is 2.32. The molecular formula is C20H24N4O5S. The molecule has 2 atom stereocenters. The predicted molar refractivity (Wildman–Crippen MR) is 110 cm³/mol. The van der Waals surface area contributed by atoms with E-state index < -0.39 is 21.8 Å². The van der Waals surface area contributed by atoms with Gasteiger partial charge in [-0.3, -0.25) is 14.6 Å². The Morgan fingerprint density at radius 3 is 2.73 bits per heavy atom. The molecule has 0 radical (unpaired) electrons. The number of sulfone groups is 1. The predicted octanol–water partition coefficient (Wildman–Crippen LogP) is 1.00. The van der Waals surface area contributed by atoms with Gasteiger partial charge < -0.3 is 14.8 Å². The number of carboxylic acids is 1. The lowest BCUT2D eigenvalue weighted by Crippen LogP contribution is -2.52. The van der Waals surface area contributed by atoms with E-state index in [1.165, 1.54) is 0 Å². The fourth-order valence-corrected chi connectivity index (χ4v) is 6.22. The quantitative estimate of drug-likeness (QED) is 0.692. The molecule has 2 N–H and O–H groups in total. The first-order valence-corrected chi connectivity index (χ1v) is 11.7. The van der Waals surface area contributed by atoms with Crippen molar-refractivity contribution in [2.24, 2.45) is 0 Å². The highest BCUT2D eigenvalue weighted by molar-refractivity contribution is 7.91. The number of nitrogens with zero attached hydrogens (tertiary/aromatic N) is 3. The van der Waals surface area contributed by atoms with Crippen LogP contribution in [0.2, 0.25) is 0 Å². The zero-order valence-electron chi connectivity index (χ0n) is 16.5. The number of H-pyrrole nitrogens is 1. The van der Waals surface area contributed by atoms with Gasteiger partial charge in [-0.25, -0.2) is 8.42 Å². The third-order valence-corrected chi connectivity index (χ3v) is 7.71. The van der Waals surface area contributed by atoms with E-state index in [0.717, 1.165) is 10.9 Å². The van der Waals surface area contributed by atoms with Gasteiger partial charge in [0.25, 0.3) is 0 Å². The van der Waals surface area contributed by atoms with E-state index in [0.29, 0.717) is 43.9 Å². The number of piperazine rings is 1. The molecule has 0 spiro atoms. The summed E-state index contributed by atoms with van der Waals surface area (Å²) >= 11 is 0. The molecular weight excluding hydrogens is 408 g/mol.